The molecule has 1 aliphatic rings. The number of rotatable bonds is 5. The molecule has 1 N–H and O–H groups in total. The number of halogens is 1. The lowest BCUT2D eigenvalue weighted by Crippen LogP contribution is -2.45. The molecule has 1 aromatic carbocycles. The lowest BCUT2D eigenvalue weighted by molar-refractivity contribution is 0.174. The molecule has 2 heterocycles. The van der Waals surface area contributed by atoms with Crippen molar-refractivity contribution in [2.45, 2.75) is 51.7 Å². The highest BCUT2D eigenvalue weighted by Gasteiger charge is 2.28. The van der Waals surface area contributed by atoms with Crippen LogP contribution in [0.4, 0.5) is 9.18 Å². The number of aryl methyl sites for hydroxylation is 1. The zero-order valence-corrected chi connectivity index (χ0v) is 18.0. The topological polar surface area (TPSA) is 58.1 Å². The first-order valence-electron chi connectivity index (χ1n) is 10.2. The summed E-state index contributed by atoms with van der Waals surface area (Å²) in [5.74, 6) is -0.257. The number of thiazole rings is 1. The molecule has 0 bridgehead atoms. The number of pyridine rings is 1. The van der Waals surface area contributed by atoms with Gasteiger partial charge in [-0.3, -0.25) is 4.98 Å². The quantitative estimate of drug-likeness (QED) is 0.601. The molecule has 4 rings (SSSR count). The van der Waals surface area contributed by atoms with E-state index in [2.05, 4.69) is 10.3 Å². The second-order valence-electron chi connectivity index (χ2n) is 7.81. The third kappa shape index (κ3) is 4.51. The SMILES string of the molecule is CC(C)N(Cc1cccnc1)C(=O)NC1CCCc2nc(-c3ccc(F)cc3)sc21. The summed E-state index contributed by atoms with van der Waals surface area (Å²) in [6.45, 7) is 4.55. The molecule has 0 spiro atoms. The van der Waals surface area contributed by atoms with Gasteiger partial charge < -0.3 is 10.2 Å². The minimum absolute atomic E-state index is 0.0527. The van der Waals surface area contributed by atoms with E-state index in [4.69, 9.17) is 4.98 Å². The van der Waals surface area contributed by atoms with Crippen LogP contribution in [0.3, 0.4) is 0 Å². The summed E-state index contributed by atoms with van der Waals surface area (Å²) in [5, 5.41) is 4.10. The average Bonchev–Trinajstić information content (AvgIpc) is 3.18. The molecule has 30 heavy (non-hydrogen) atoms. The number of carbonyl (C=O) groups is 1. The van der Waals surface area contributed by atoms with Crippen LogP contribution >= 0.6 is 11.3 Å². The van der Waals surface area contributed by atoms with E-state index in [0.717, 1.165) is 46.0 Å². The van der Waals surface area contributed by atoms with Gasteiger partial charge in [0.15, 0.2) is 0 Å². The Morgan fingerprint density at radius 2 is 2.10 bits per heavy atom. The number of hydrogen-bond donors (Lipinski definition) is 1. The Balaban J connectivity index is 1.52. The van der Waals surface area contributed by atoms with Gasteiger partial charge in [-0.1, -0.05) is 6.07 Å². The fourth-order valence-electron chi connectivity index (χ4n) is 3.68. The van der Waals surface area contributed by atoms with Crippen LogP contribution in [-0.2, 0) is 13.0 Å². The number of nitrogens with zero attached hydrogens (tertiary/aromatic N) is 3. The maximum absolute atomic E-state index is 13.3. The van der Waals surface area contributed by atoms with E-state index in [1.54, 1.807) is 35.9 Å². The highest BCUT2D eigenvalue weighted by Crippen LogP contribution is 2.38. The average molecular weight is 425 g/mol. The van der Waals surface area contributed by atoms with E-state index in [9.17, 15) is 9.18 Å². The van der Waals surface area contributed by atoms with Gasteiger partial charge in [0, 0.05) is 30.5 Å². The van der Waals surface area contributed by atoms with Crippen LogP contribution in [0.5, 0.6) is 0 Å². The van der Waals surface area contributed by atoms with E-state index in [-0.39, 0.29) is 23.9 Å². The van der Waals surface area contributed by atoms with Crippen LogP contribution in [0.1, 0.15) is 48.9 Å². The second kappa shape index (κ2) is 8.92. The monoisotopic (exact) mass is 424 g/mol. The van der Waals surface area contributed by atoms with Crippen LogP contribution < -0.4 is 5.32 Å². The van der Waals surface area contributed by atoms with Crippen molar-refractivity contribution in [1.82, 2.24) is 20.2 Å². The lowest BCUT2D eigenvalue weighted by atomic mass is 9.98. The molecule has 3 aromatic rings. The molecule has 2 aromatic heterocycles. The zero-order chi connectivity index (χ0) is 21.1. The second-order valence-corrected chi connectivity index (χ2v) is 8.84. The van der Waals surface area contributed by atoms with Crippen molar-refractivity contribution in [3.63, 3.8) is 0 Å². The molecule has 7 heteroatoms. The third-order valence-electron chi connectivity index (χ3n) is 5.30. The minimum Gasteiger partial charge on any atom is -0.330 e. The fraction of sp³-hybridized carbons (Fsp3) is 0.348. The van der Waals surface area contributed by atoms with Gasteiger partial charge in [-0.25, -0.2) is 14.2 Å². The maximum atomic E-state index is 13.3. The van der Waals surface area contributed by atoms with Crippen LogP contribution in [0.25, 0.3) is 10.6 Å². The van der Waals surface area contributed by atoms with E-state index < -0.39 is 0 Å². The molecule has 1 unspecified atom stereocenters. The van der Waals surface area contributed by atoms with Crippen molar-refractivity contribution >= 4 is 17.4 Å². The standard InChI is InChI=1S/C23H25FN4OS/c1-15(2)28(14-16-5-4-12-25-13-16)23(29)27-20-7-3-6-19-21(20)30-22(26-19)17-8-10-18(24)11-9-17/h4-5,8-13,15,20H,3,6-7,14H2,1-2H3,(H,27,29). The van der Waals surface area contributed by atoms with Gasteiger partial charge in [0.2, 0.25) is 0 Å². The molecular formula is C23H25FN4OS. The molecule has 0 saturated heterocycles. The van der Waals surface area contributed by atoms with Crippen LogP contribution in [0.15, 0.2) is 48.8 Å². The molecule has 156 valence electrons. The minimum atomic E-state index is -0.257. The predicted octanol–water partition coefficient (Wildman–Crippen LogP) is 5.34. The summed E-state index contributed by atoms with van der Waals surface area (Å²) in [5.41, 5.74) is 2.95. The van der Waals surface area contributed by atoms with Crippen molar-refractivity contribution in [1.29, 1.82) is 0 Å². The highest BCUT2D eigenvalue weighted by atomic mass is 32.1. The summed E-state index contributed by atoms with van der Waals surface area (Å²) >= 11 is 1.59. The Bertz CT molecular complexity index is 1000. The van der Waals surface area contributed by atoms with Gasteiger partial charge >= 0.3 is 6.03 Å². The largest absolute Gasteiger partial charge is 0.330 e. The third-order valence-corrected chi connectivity index (χ3v) is 6.56. The highest BCUT2D eigenvalue weighted by molar-refractivity contribution is 7.15. The first kappa shape index (κ1) is 20.5. The molecule has 0 fully saturated rings. The Hall–Kier alpha value is -2.80. The summed E-state index contributed by atoms with van der Waals surface area (Å²) in [6.07, 6.45) is 6.30. The smallest absolute Gasteiger partial charge is 0.318 e. The van der Waals surface area contributed by atoms with Crippen molar-refractivity contribution in [2.24, 2.45) is 0 Å². The molecule has 2 amide bonds. The molecule has 1 atom stereocenters. The molecule has 0 saturated carbocycles. The van der Waals surface area contributed by atoms with Crippen molar-refractivity contribution in [2.75, 3.05) is 0 Å². The van der Waals surface area contributed by atoms with Gasteiger partial charge in [0.1, 0.15) is 10.8 Å². The number of nitrogens with one attached hydrogen (secondary N) is 1. The summed E-state index contributed by atoms with van der Waals surface area (Å²) < 4.78 is 13.3. The van der Waals surface area contributed by atoms with E-state index in [1.165, 1.54) is 12.1 Å². The lowest BCUT2D eigenvalue weighted by Gasteiger charge is -2.30. The predicted molar refractivity (Wildman–Crippen MR) is 117 cm³/mol. The molecular weight excluding hydrogens is 399 g/mol. The number of fused-ring (bicyclic) bond motifs is 1. The molecule has 5 nitrogen and oxygen atoms in total. The van der Waals surface area contributed by atoms with Crippen LogP contribution in [-0.4, -0.2) is 26.9 Å². The van der Waals surface area contributed by atoms with Crippen LogP contribution in [0.2, 0.25) is 0 Å². The number of amides is 2. The van der Waals surface area contributed by atoms with Crippen molar-refractivity contribution < 1.29 is 9.18 Å². The fourth-order valence-corrected chi connectivity index (χ4v) is 4.89. The molecule has 1 aliphatic carbocycles. The van der Waals surface area contributed by atoms with E-state index in [0.29, 0.717) is 6.54 Å². The normalized spacial score (nSPS) is 15.7. The summed E-state index contributed by atoms with van der Waals surface area (Å²) in [4.78, 5) is 25.0. The number of benzene rings is 1. The van der Waals surface area contributed by atoms with Crippen LogP contribution in [0, 0.1) is 5.82 Å². The van der Waals surface area contributed by atoms with Gasteiger partial charge in [0.25, 0.3) is 0 Å². The van der Waals surface area contributed by atoms with Gasteiger partial charge in [-0.2, -0.15) is 0 Å². The number of aromatic nitrogens is 2. The number of hydrogen-bond acceptors (Lipinski definition) is 4. The first-order valence-corrected chi connectivity index (χ1v) is 11.0. The van der Waals surface area contributed by atoms with Gasteiger partial charge in [0.05, 0.1) is 16.6 Å². The Morgan fingerprint density at radius 1 is 1.30 bits per heavy atom. The van der Waals surface area contributed by atoms with Gasteiger partial charge in [-0.15, -0.1) is 11.3 Å². The Morgan fingerprint density at radius 3 is 2.80 bits per heavy atom. The van der Waals surface area contributed by atoms with Crippen molar-refractivity contribution in [3.05, 3.63) is 70.7 Å². The van der Waals surface area contributed by atoms with E-state index in [1.807, 2.05) is 30.9 Å². The van der Waals surface area contributed by atoms with E-state index >= 15 is 0 Å². The maximum Gasteiger partial charge on any atom is 0.318 e. The summed E-state index contributed by atoms with van der Waals surface area (Å²) in [6, 6.07) is 10.2. The number of carbonyl (C=O) groups excluding carboxylic acids is 1. The molecule has 0 aliphatic heterocycles. The Kier molecular flexibility index (Phi) is 6.08. The molecule has 0 radical (unpaired) electrons. The van der Waals surface area contributed by atoms with Crippen molar-refractivity contribution in [3.8, 4) is 10.6 Å². The first-order chi connectivity index (χ1) is 14.5. The summed E-state index contributed by atoms with van der Waals surface area (Å²) in [7, 11) is 0. The number of urea groups is 1. The van der Waals surface area contributed by atoms with Gasteiger partial charge in [-0.05, 0) is 69.0 Å². The Labute approximate surface area is 180 Å². The zero-order valence-electron chi connectivity index (χ0n) is 17.1.